The Morgan fingerprint density at radius 1 is 1.30 bits per heavy atom. The fourth-order valence-corrected chi connectivity index (χ4v) is 3.08. The highest BCUT2D eigenvalue weighted by Gasteiger charge is 2.25. The minimum absolute atomic E-state index is 0.266. The zero-order valence-electron chi connectivity index (χ0n) is 12.5. The van der Waals surface area contributed by atoms with E-state index in [0.717, 1.165) is 38.6 Å². The van der Waals surface area contributed by atoms with Crippen molar-refractivity contribution in [3.63, 3.8) is 0 Å². The van der Waals surface area contributed by atoms with Crippen LogP contribution in [0.3, 0.4) is 0 Å². The number of nitrogens with two attached hydrogens (primary N) is 1. The van der Waals surface area contributed by atoms with Crippen LogP contribution in [-0.2, 0) is 11.2 Å². The normalized spacial score (nSPS) is 17.6. The van der Waals surface area contributed by atoms with Crippen molar-refractivity contribution >= 4 is 5.91 Å². The molecule has 0 saturated heterocycles. The van der Waals surface area contributed by atoms with Crippen LogP contribution in [0.25, 0.3) is 0 Å². The zero-order chi connectivity index (χ0) is 14.4. The minimum atomic E-state index is 0.266. The molecule has 3 nitrogen and oxygen atoms in total. The zero-order valence-corrected chi connectivity index (χ0v) is 12.5. The quantitative estimate of drug-likeness (QED) is 0.810. The molecule has 20 heavy (non-hydrogen) atoms. The third kappa shape index (κ3) is 3.60. The molecule has 0 aliphatic heterocycles. The second-order valence-electron chi connectivity index (χ2n) is 5.71. The molecule has 2 N–H and O–H groups in total. The molecule has 1 aliphatic carbocycles. The number of unbranched alkanes of at least 4 members (excludes halogenated alkanes) is 2. The van der Waals surface area contributed by atoms with E-state index in [1.807, 2.05) is 11.9 Å². The first-order chi connectivity index (χ1) is 9.74. The lowest BCUT2D eigenvalue weighted by molar-refractivity contribution is -0.132. The average Bonchev–Trinajstić information content (AvgIpc) is 2.50. The highest BCUT2D eigenvalue weighted by molar-refractivity contribution is 5.76. The molecule has 1 amide bonds. The Balaban J connectivity index is 1.96. The molecule has 1 aromatic rings. The highest BCUT2D eigenvalue weighted by Crippen LogP contribution is 2.33. The number of rotatable bonds is 6. The predicted octanol–water partition coefficient (Wildman–Crippen LogP) is 3.04. The van der Waals surface area contributed by atoms with E-state index in [2.05, 4.69) is 24.3 Å². The predicted molar refractivity (Wildman–Crippen MR) is 82.4 cm³/mol. The summed E-state index contributed by atoms with van der Waals surface area (Å²) in [5.41, 5.74) is 8.23. The van der Waals surface area contributed by atoms with Gasteiger partial charge in [-0.15, -0.1) is 0 Å². The Labute approximate surface area is 122 Å². The van der Waals surface area contributed by atoms with Gasteiger partial charge in [0.2, 0.25) is 5.91 Å². The first-order valence-electron chi connectivity index (χ1n) is 7.77. The fraction of sp³-hybridized carbons (Fsp3) is 0.588. The van der Waals surface area contributed by atoms with Gasteiger partial charge in [-0.05, 0) is 49.8 Å². The summed E-state index contributed by atoms with van der Waals surface area (Å²) in [4.78, 5) is 14.3. The Hall–Kier alpha value is -1.35. The van der Waals surface area contributed by atoms with Crippen molar-refractivity contribution in [2.45, 2.75) is 51.0 Å². The molecular weight excluding hydrogens is 248 g/mol. The molecule has 2 rings (SSSR count). The van der Waals surface area contributed by atoms with Crippen molar-refractivity contribution in [1.82, 2.24) is 4.90 Å². The van der Waals surface area contributed by atoms with Gasteiger partial charge < -0.3 is 10.6 Å². The highest BCUT2D eigenvalue weighted by atomic mass is 16.2. The second-order valence-corrected chi connectivity index (χ2v) is 5.71. The average molecular weight is 274 g/mol. The van der Waals surface area contributed by atoms with Crippen molar-refractivity contribution in [2.75, 3.05) is 13.6 Å². The Morgan fingerprint density at radius 3 is 2.90 bits per heavy atom. The van der Waals surface area contributed by atoms with Gasteiger partial charge in [0, 0.05) is 13.5 Å². The number of hydrogen-bond acceptors (Lipinski definition) is 2. The maximum Gasteiger partial charge on any atom is 0.222 e. The van der Waals surface area contributed by atoms with Crippen LogP contribution in [0.15, 0.2) is 24.3 Å². The lowest BCUT2D eigenvalue weighted by atomic mass is 9.87. The molecule has 1 aliphatic rings. The van der Waals surface area contributed by atoms with Crippen LogP contribution < -0.4 is 5.73 Å². The molecule has 0 bridgehead atoms. The number of benzene rings is 1. The Bertz CT molecular complexity index is 444. The number of fused-ring (bicyclic) bond motifs is 1. The third-order valence-corrected chi connectivity index (χ3v) is 4.29. The molecule has 0 spiro atoms. The topological polar surface area (TPSA) is 46.3 Å². The van der Waals surface area contributed by atoms with Crippen LogP contribution in [-0.4, -0.2) is 24.4 Å². The summed E-state index contributed by atoms with van der Waals surface area (Å²) < 4.78 is 0. The van der Waals surface area contributed by atoms with E-state index >= 15 is 0 Å². The first-order valence-corrected chi connectivity index (χ1v) is 7.77. The summed E-state index contributed by atoms with van der Waals surface area (Å²) in [6.07, 6.45) is 7.07. The second kappa shape index (κ2) is 7.44. The van der Waals surface area contributed by atoms with E-state index in [4.69, 9.17) is 5.73 Å². The molecule has 0 fully saturated rings. The number of carbonyl (C=O) groups excluding carboxylic acids is 1. The third-order valence-electron chi connectivity index (χ3n) is 4.29. The van der Waals surface area contributed by atoms with Gasteiger partial charge in [-0.3, -0.25) is 4.79 Å². The summed E-state index contributed by atoms with van der Waals surface area (Å²) in [6.45, 7) is 0.722. The first kappa shape index (κ1) is 15.0. The number of hydrogen-bond donors (Lipinski definition) is 1. The van der Waals surface area contributed by atoms with Crippen molar-refractivity contribution in [3.8, 4) is 0 Å². The van der Waals surface area contributed by atoms with E-state index in [0.29, 0.717) is 6.42 Å². The van der Waals surface area contributed by atoms with E-state index in [1.54, 1.807) is 0 Å². The number of amides is 1. The SMILES string of the molecule is CN(C(=O)CCCCCN)C1CCCc2ccccc21. The molecule has 0 radical (unpaired) electrons. The number of aryl methyl sites for hydroxylation is 1. The van der Waals surface area contributed by atoms with Crippen molar-refractivity contribution < 1.29 is 4.79 Å². The smallest absolute Gasteiger partial charge is 0.222 e. The van der Waals surface area contributed by atoms with Crippen LogP contribution >= 0.6 is 0 Å². The van der Waals surface area contributed by atoms with Gasteiger partial charge in [0.05, 0.1) is 6.04 Å². The largest absolute Gasteiger partial charge is 0.339 e. The van der Waals surface area contributed by atoms with Crippen LogP contribution in [0.2, 0.25) is 0 Å². The van der Waals surface area contributed by atoms with E-state index in [1.165, 1.54) is 17.5 Å². The van der Waals surface area contributed by atoms with Crippen LogP contribution in [0.4, 0.5) is 0 Å². The van der Waals surface area contributed by atoms with E-state index in [9.17, 15) is 4.79 Å². The molecule has 0 heterocycles. The van der Waals surface area contributed by atoms with Gasteiger partial charge in [0.25, 0.3) is 0 Å². The standard InChI is InChI=1S/C17H26N2O/c1-19(17(20)12-3-2-6-13-18)16-11-7-9-14-8-4-5-10-15(14)16/h4-5,8,10,16H,2-3,6-7,9,11-13,18H2,1H3. The molecule has 1 atom stereocenters. The summed E-state index contributed by atoms with van der Waals surface area (Å²) in [6, 6.07) is 8.81. The van der Waals surface area contributed by atoms with Crippen LogP contribution in [0, 0.1) is 0 Å². The fourth-order valence-electron chi connectivity index (χ4n) is 3.08. The summed E-state index contributed by atoms with van der Waals surface area (Å²) in [7, 11) is 1.96. The van der Waals surface area contributed by atoms with Gasteiger partial charge in [-0.2, -0.15) is 0 Å². The monoisotopic (exact) mass is 274 g/mol. The molecule has 110 valence electrons. The summed E-state index contributed by atoms with van der Waals surface area (Å²) >= 11 is 0. The lowest BCUT2D eigenvalue weighted by Gasteiger charge is -2.33. The Kier molecular flexibility index (Phi) is 5.60. The van der Waals surface area contributed by atoms with Crippen molar-refractivity contribution in [2.24, 2.45) is 5.73 Å². The van der Waals surface area contributed by atoms with Crippen LogP contribution in [0.5, 0.6) is 0 Å². The van der Waals surface area contributed by atoms with Crippen molar-refractivity contribution in [1.29, 1.82) is 0 Å². The molecule has 0 aromatic heterocycles. The summed E-state index contributed by atoms with van der Waals surface area (Å²) in [5, 5.41) is 0. The maximum atomic E-state index is 12.3. The molecule has 3 heteroatoms. The Morgan fingerprint density at radius 2 is 2.10 bits per heavy atom. The number of carbonyl (C=O) groups is 1. The van der Waals surface area contributed by atoms with E-state index < -0.39 is 0 Å². The van der Waals surface area contributed by atoms with E-state index in [-0.39, 0.29) is 11.9 Å². The van der Waals surface area contributed by atoms with Crippen molar-refractivity contribution in [3.05, 3.63) is 35.4 Å². The van der Waals surface area contributed by atoms with Gasteiger partial charge >= 0.3 is 0 Å². The van der Waals surface area contributed by atoms with Gasteiger partial charge in [0.15, 0.2) is 0 Å². The van der Waals surface area contributed by atoms with Gasteiger partial charge in [0.1, 0.15) is 0 Å². The lowest BCUT2D eigenvalue weighted by Crippen LogP contribution is -2.33. The summed E-state index contributed by atoms with van der Waals surface area (Å²) in [5.74, 6) is 0.267. The van der Waals surface area contributed by atoms with Gasteiger partial charge in [-0.25, -0.2) is 0 Å². The molecule has 1 aromatic carbocycles. The number of nitrogens with zero attached hydrogens (tertiary/aromatic N) is 1. The molecule has 1 unspecified atom stereocenters. The molecule has 0 saturated carbocycles. The maximum absolute atomic E-state index is 12.3. The van der Waals surface area contributed by atoms with Gasteiger partial charge in [-0.1, -0.05) is 30.7 Å². The minimum Gasteiger partial charge on any atom is -0.339 e. The van der Waals surface area contributed by atoms with Crippen LogP contribution in [0.1, 0.15) is 55.7 Å². The molecular formula is C17H26N2O.